The Kier molecular flexibility index (Phi) is 7.14. The maximum Gasteiger partial charge on any atom is 0.164 e. The quantitative estimate of drug-likeness (QED) is 0.192. The first-order valence-corrected chi connectivity index (χ1v) is 16.6. The van der Waals surface area contributed by atoms with E-state index >= 15 is 0 Å². The summed E-state index contributed by atoms with van der Waals surface area (Å²) in [7, 11) is 0. The summed E-state index contributed by atoms with van der Waals surface area (Å²) in [5.74, 6) is 1.98. The fraction of sp³-hybridized carbons (Fsp3) is 0.133. The molecular formula is C45H37N3. The summed E-state index contributed by atoms with van der Waals surface area (Å²) < 4.78 is 0. The predicted molar refractivity (Wildman–Crippen MR) is 198 cm³/mol. The van der Waals surface area contributed by atoms with Crippen LogP contribution in [0.4, 0.5) is 0 Å². The molecule has 0 amide bonds. The van der Waals surface area contributed by atoms with Crippen LogP contribution in [-0.2, 0) is 10.8 Å². The molecular weight excluding hydrogens is 583 g/mol. The molecule has 1 aliphatic carbocycles. The van der Waals surface area contributed by atoms with Gasteiger partial charge in [0.2, 0.25) is 0 Å². The Balaban J connectivity index is 1.27. The molecule has 0 aliphatic heterocycles. The Hall–Kier alpha value is -5.67. The van der Waals surface area contributed by atoms with Crippen molar-refractivity contribution in [1.82, 2.24) is 15.0 Å². The highest BCUT2D eigenvalue weighted by Gasteiger charge is 2.47. The van der Waals surface area contributed by atoms with Gasteiger partial charge in [-0.25, -0.2) is 15.0 Å². The number of hydrogen-bond donors (Lipinski definition) is 0. The van der Waals surface area contributed by atoms with Crippen LogP contribution in [0, 0.1) is 0 Å². The lowest BCUT2D eigenvalue weighted by atomic mass is 9.54. The van der Waals surface area contributed by atoms with Crippen molar-refractivity contribution in [2.45, 2.75) is 38.5 Å². The van der Waals surface area contributed by atoms with Crippen LogP contribution in [0.5, 0.6) is 0 Å². The van der Waals surface area contributed by atoms with Crippen LogP contribution >= 0.6 is 0 Å². The van der Waals surface area contributed by atoms with Crippen molar-refractivity contribution in [2.75, 3.05) is 0 Å². The van der Waals surface area contributed by atoms with Crippen molar-refractivity contribution >= 4 is 0 Å². The minimum atomic E-state index is -0.0901. The molecule has 3 heteroatoms. The van der Waals surface area contributed by atoms with E-state index in [-0.39, 0.29) is 10.8 Å². The van der Waals surface area contributed by atoms with Crippen LogP contribution in [0.3, 0.4) is 0 Å². The molecule has 8 rings (SSSR count). The SMILES string of the molecule is CC1(C)c2ccc(-c3cccc(-c4nc(-c5ccccc5)nc(-c5ccccc5)n4)c3)cc2-c2cccc(-c3ccccc3)c2C1(C)C. The normalized spacial score (nSPS) is 14.2. The van der Waals surface area contributed by atoms with E-state index in [0.717, 1.165) is 22.3 Å². The second kappa shape index (κ2) is 11.5. The maximum atomic E-state index is 4.99. The van der Waals surface area contributed by atoms with Gasteiger partial charge in [0.1, 0.15) is 0 Å². The zero-order valence-corrected chi connectivity index (χ0v) is 27.8. The molecule has 0 fully saturated rings. The lowest BCUT2D eigenvalue weighted by molar-refractivity contribution is 0.300. The van der Waals surface area contributed by atoms with Crippen LogP contribution in [0.1, 0.15) is 38.8 Å². The van der Waals surface area contributed by atoms with E-state index in [4.69, 9.17) is 15.0 Å². The van der Waals surface area contributed by atoms with Gasteiger partial charge in [-0.05, 0) is 62.1 Å². The van der Waals surface area contributed by atoms with Crippen molar-refractivity contribution in [2.24, 2.45) is 0 Å². The van der Waals surface area contributed by atoms with Crippen LogP contribution in [0.2, 0.25) is 0 Å². The van der Waals surface area contributed by atoms with Crippen molar-refractivity contribution in [1.29, 1.82) is 0 Å². The monoisotopic (exact) mass is 619 g/mol. The van der Waals surface area contributed by atoms with E-state index in [1.54, 1.807) is 0 Å². The summed E-state index contributed by atoms with van der Waals surface area (Å²) in [5.41, 5.74) is 13.0. The van der Waals surface area contributed by atoms with Gasteiger partial charge in [0.15, 0.2) is 17.5 Å². The van der Waals surface area contributed by atoms with Crippen molar-refractivity contribution in [3.8, 4) is 67.5 Å². The Labute approximate surface area is 283 Å². The largest absolute Gasteiger partial charge is 0.208 e. The molecule has 0 spiro atoms. The van der Waals surface area contributed by atoms with Gasteiger partial charge >= 0.3 is 0 Å². The summed E-state index contributed by atoms with van der Waals surface area (Å²) in [6, 6.07) is 53.4. The summed E-state index contributed by atoms with van der Waals surface area (Å²) in [6.07, 6.45) is 0. The topological polar surface area (TPSA) is 38.7 Å². The van der Waals surface area contributed by atoms with Crippen LogP contribution in [0.25, 0.3) is 67.5 Å². The molecule has 232 valence electrons. The van der Waals surface area contributed by atoms with E-state index in [2.05, 4.69) is 119 Å². The van der Waals surface area contributed by atoms with Crippen molar-refractivity contribution < 1.29 is 0 Å². The molecule has 0 saturated heterocycles. The van der Waals surface area contributed by atoms with E-state index in [1.165, 1.54) is 38.9 Å². The summed E-state index contributed by atoms with van der Waals surface area (Å²) >= 11 is 0. The molecule has 0 radical (unpaired) electrons. The zero-order chi connectivity index (χ0) is 32.9. The van der Waals surface area contributed by atoms with E-state index in [1.807, 2.05) is 60.7 Å². The highest BCUT2D eigenvalue weighted by molar-refractivity contribution is 5.87. The van der Waals surface area contributed by atoms with Gasteiger partial charge in [-0.2, -0.15) is 0 Å². The lowest BCUT2D eigenvalue weighted by Gasteiger charge is -2.49. The average molecular weight is 620 g/mol. The summed E-state index contributed by atoms with van der Waals surface area (Å²) in [6.45, 7) is 9.60. The number of hydrogen-bond acceptors (Lipinski definition) is 3. The van der Waals surface area contributed by atoms with Crippen LogP contribution in [-0.4, -0.2) is 15.0 Å². The molecule has 0 saturated carbocycles. The molecule has 3 nitrogen and oxygen atoms in total. The standard InChI is InChI=1S/C45H37N3/c1-44(2)39-27-26-34(29-38(39)37-25-15-24-36(40(37)45(44,3)4)30-16-8-5-9-17-30)33-22-14-23-35(28-33)43-47-41(31-18-10-6-11-19-31)46-42(48-43)32-20-12-7-13-21-32/h5-29H,1-4H3. The van der Waals surface area contributed by atoms with Gasteiger partial charge < -0.3 is 0 Å². The van der Waals surface area contributed by atoms with E-state index < -0.39 is 0 Å². The number of nitrogens with zero attached hydrogens (tertiary/aromatic N) is 3. The Morgan fingerprint density at radius 2 is 0.792 bits per heavy atom. The molecule has 1 heterocycles. The molecule has 0 N–H and O–H groups in total. The molecule has 48 heavy (non-hydrogen) atoms. The minimum Gasteiger partial charge on any atom is -0.208 e. The molecule has 1 aliphatic rings. The number of benzene rings is 6. The molecule has 7 aromatic rings. The van der Waals surface area contributed by atoms with Gasteiger partial charge in [0.25, 0.3) is 0 Å². The summed E-state index contributed by atoms with van der Waals surface area (Å²) in [5, 5.41) is 0. The molecule has 0 unspecified atom stereocenters. The minimum absolute atomic E-state index is 0.0885. The van der Waals surface area contributed by atoms with Crippen molar-refractivity contribution in [3.05, 3.63) is 163 Å². The Morgan fingerprint density at radius 1 is 0.333 bits per heavy atom. The van der Waals surface area contributed by atoms with Gasteiger partial charge in [-0.15, -0.1) is 0 Å². The van der Waals surface area contributed by atoms with Gasteiger partial charge in [0.05, 0.1) is 0 Å². The number of aromatic nitrogens is 3. The van der Waals surface area contributed by atoms with Crippen molar-refractivity contribution in [3.63, 3.8) is 0 Å². The third-order valence-corrected chi connectivity index (χ3v) is 10.5. The first-order chi connectivity index (χ1) is 23.3. The second-order valence-electron chi connectivity index (χ2n) is 13.7. The molecule has 0 atom stereocenters. The smallest absolute Gasteiger partial charge is 0.164 e. The van der Waals surface area contributed by atoms with Gasteiger partial charge in [-0.1, -0.05) is 167 Å². The van der Waals surface area contributed by atoms with E-state index in [0.29, 0.717) is 17.5 Å². The third-order valence-electron chi connectivity index (χ3n) is 10.5. The fourth-order valence-electron chi connectivity index (χ4n) is 7.22. The number of fused-ring (bicyclic) bond motifs is 3. The first-order valence-electron chi connectivity index (χ1n) is 16.6. The summed E-state index contributed by atoms with van der Waals surface area (Å²) in [4.78, 5) is 14.9. The highest BCUT2D eigenvalue weighted by atomic mass is 15.0. The zero-order valence-electron chi connectivity index (χ0n) is 27.8. The van der Waals surface area contributed by atoms with Crippen LogP contribution < -0.4 is 0 Å². The third kappa shape index (κ3) is 4.94. The van der Waals surface area contributed by atoms with Gasteiger partial charge in [0, 0.05) is 22.1 Å². The molecule has 1 aromatic heterocycles. The average Bonchev–Trinajstić information content (AvgIpc) is 3.14. The number of rotatable bonds is 5. The lowest BCUT2D eigenvalue weighted by Crippen LogP contribution is -2.44. The van der Waals surface area contributed by atoms with Crippen LogP contribution in [0.15, 0.2) is 152 Å². The van der Waals surface area contributed by atoms with Gasteiger partial charge in [-0.3, -0.25) is 0 Å². The molecule has 6 aromatic carbocycles. The maximum absolute atomic E-state index is 4.99. The second-order valence-corrected chi connectivity index (χ2v) is 13.7. The highest BCUT2D eigenvalue weighted by Crippen LogP contribution is 2.56. The molecule has 0 bridgehead atoms. The Morgan fingerprint density at radius 3 is 1.40 bits per heavy atom. The fourth-order valence-corrected chi connectivity index (χ4v) is 7.22. The predicted octanol–water partition coefficient (Wildman–Crippen LogP) is 11.4. The van der Waals surface area contributed by atoms with E-state index in [9.17, 15) is 0 Å². The first kappa shape index (κ1) is 29.7. The Bertz CT molecular complexity index is 2210.